The van der Waals surface area contributed by atoms with Crippen LogP contribution in [0.3, 0.4) is 0 Å². The first-order chi connectivity index (χ1) is 18.9. The van der Waals surface area contributed by atoms with Crippen molar-refractivity contribution in [3.63, 3.8) is 0 Å². The molecule has 0 atom stereocenters. The minimum atomic E-state index is -0.910. The number of carboxylic acid groups (broad SMARTS) is 1. The van der Waals surface area contributed by atoms with Crippen LogP contribution < -0.4 is 0 Å². The number of likely N-dealkylation sites (tertiary alicyclic amines) is 1. The van der Waals surface area contributed by atoms with E-state index in [-0.39, 0.29) is 24.5 Å². The highest BCUT2D eigenvalue weighted by Gasteiger charge is 2.54. The van der Waals surface area contributed by atoms with E-state index in [0.717, 1.165) is 72.3 Å². The summed E-state index contributed by atoms with van der Waals surface area (Å²) in [5, 5.41) is 10.8. The Morgan fingerprint density at radius 2 is 1.70 bits per heavy atom. The molecule has 3 aromatic rings. The predicted octanol–water partition coefficient (Wildman–Crippen LogP) is 8.73. The summed E-state index contributed by atoms with van der Waals surface area (Å²) in [5.41, 5.74) is 8.42. The molecule has 40 heavy (non-hydrogen) atoms. The van der Waals surface area contributed by atoms with Crippen LogP contribution in [0.4, 0.5) is 4.39 Å². The maximum absolute atomic E-state index is 12.6. The van der Waals surface area contributed by atoms with E-state index in [0.29, 0.717) is 27.9 Å². The van der Waals surface area contributed by atoms with Gasteiger partial charge in [0.1, 0.15) is 0 Å². The highest BCUT2D eigenvalue weighted by atomic mass is 35.5. The Morgan fingerprint density at radius 3 is 2.35 bits per heavy atom. The molecular formula is C33H33Cl3FNO2. The SMILES string of the molecule is Cl.O=C(O)c1ccc2c(c1)CCCC(c1ccc(Cl)cc1Cl)=C2c1ccc(C2(C3CN(CCCF)C3)CC2)cc1. The van der Waals surface area contributed by atoms with Gasteiger partial charge in [0.15, 0.2) is 0 Å². The van der Waals surface area contributed by atoms with Gasteiger partial charge in [0.2, 0.25) is 0 Å². The molecule has 0 radical (unpaired) electrons. The first-order valence-electron chi connectivity index (χ1n) is 13.8. The molecule has 1 saturated carbocycles. The molecule has 2 aliphatic carbocycles. The van der Waals surface area contributed by atoms with Crippen molar-refractivity contribution in [3.05, 3.63) is 104 Å². The maximum Gasteiger partial charge on any atom is 0.335 e. The van der Waals surface area contributed by atoms with E-state index in [1.807, 2.05) is 24.3 Å². The lowest BCUT2D eigenvalue weighted by molar-refractivity contribution is 0.0696. The second-order valence-corrected chi connectivity index (χ2v) is 12.1. The van der Waals surface area contributed by atoms with Gasteiger partial charge in [0.25, 0.3) is 0 Å². The van der Waals surface area contributed by atoms with Gasteiger partial charge in [-0.1, -0.05) is 59.6 Å². The molecule has 1 heterocycles. The molecule has 0 spiro atoms. The van der Waals surface area contributed by atoms with Crippen LogP contribution in [0.2, 0.25) is 10.0 Å². The normalized spacial score (nSPS) is 18.4. The van der Waals surface area contributed by atoms with E-state index in [4.69, 9.17) is 23.2 Å². The van der Waals surface area contributed by atoms with Crippen LogP contribution in [0, 0.1) is 5.92 Å². The third-order valence-electron chi connectivity index (χ3n) is 8.94. The smallest absolute Gasteiger partial charge is 0.335 e. The number of carboxylic acids is 1. The Bertz CT molecular complexity index is 1440. The number of hydrogen-bond acceptors (Lipinski definition) is 2. The number of hydrogen-bond donors (Lipinski definition) is 1. The quantitative estimate of drug-likeness (QED) is 0.281. The zero-order valence-corrected chi connectivity index (χ0v) is 24.6. The van der Waals surface area contributed by atoms with Crippen LogP contribution >= 0.6 is 35.6 Å². The van der Waals surface area contributed by atoms with Crippen molar-refractivity contribution in [2.45, 2.75) is 43.9 Å². The Labute approximate surface area is 251 Å². The van der Waals surface area contributed by atoms with E-state index < -0.39 is 5.97 Å². The third-order valence-corrected chi connectivity index (χ3v) is 9.48. The number of alkyl halides is 1. The summed E-state index contributed by atoms with van der Waals surface area (Å²) in [6.07, 6.45) is 5.58. The van der Waals surface area contributed by atoms with Gasteiger partial charge in [0, 0.05) is 35.1 Å². The average molecular weight is 601 g/mol. The van der Waals surface area contributed by atoms with Crippen molar-refractivity contribution in [1.29, 1.82) is 0 Å². The van der Waals surface area contributed by atoms with Crippen molar-refractivity contribution < 1.29 is 14.3 Å². The minimum Gasteiger partial charge on any atom is -0.478 e. The molecule has 1 saturated heterocycles. The monoisotopic (exact) mass is 599 g/mol. The maximum atomic E-state index is 12.6. The third kappa shape index (κ3) is 5.44. The van der Waals surface area contributed by atoms with E-state index in [1.165, 1.54) is 18.4 Å². The highest BCUT2D eigenvalue weighted by Crippen LogP contribution is 2.56. The lowest BCUT2D eigenvalue weighted by atomic mass is 9.77. The van der Waals surface area contributed by atoms with Crippen LogP contribution in [0.1, 0.15) is 70.3 Å². The van der Waals surface area contributed by atoms with Gasteiger partial charge in [-0.25, -0.2) is 4.79 Å². The summed E-state index contributed by atoms with van der Waals surface area (Å²) in [4.78, 5) is 14.1. The number of carbonyl (C=O) groups is 1. The van der Waals surface area contributed by atoms with Gasteiger partial charge in [-0.15, -0.1) is 12.4 Å². The number of nitrogens with zero attached hydrogens (tertiary/aromatic N) is 1. The van der Waals surface area contributed by atoms with Gasteiger partial charge < -0.3 is 10.0 Å². The number of halogens is 4. The van der Waals surface area contributed by atoms with E-state index in [9.17, 15) is 14.3 Å². The number of benzene rings is 3. The standard InChI is InChI=1S/C33H32Cl2FNO2.ClH/c34-26-10-12-28(30(35)18-26)29-4-1-3-22-17-23(32(38)39)7-11-27(22)31(29)21-5-8-24(9-6-21)33(13-14-33)25-19-37(20-25)16-2-15-36;/h5-12,17-18,25H,1-4,13-16,19-20H2,(H,38,39);1H. The van der Waals surface area contributed by atoms with Crippen LogP contribution in [-0.4, -0.2) is 42.3 Å². The average Bonchev–Trinajstić information content (AvgIpc) is 3.71. The Balaban J connectivity index is 0.00000323. The van der Waals surface area contributed by atoms with Gasteiger partial charge in [-0.2, -0.15) is 0 Å². The molecule has 0 bridgehead atoms. The molecule has 3 aliphatic rings. The number of rotatable bonds is 8. The molecular weight excluding hydrogens is 568 g/mol. The van der Waals surface area contributed by atoms with Crippen molar-refractivity contribution >= 4 is 52.7 Å². The van der Waals surface area contributed by atoms with Gasteiger partial charge >= 0.3 is 5.97 Å². The fourth-order valence-corrected chi connectivity index (χ4v) is 7.20. The molecule has 6 rings (SSSR count). The number of aryl methyl sites for hydroxylation is 1. The summed E-state index contributed by atoms with van der Waals surface area (Å²) in [5.74, 6) is -0.273. The minimum absolute atomic E-state index is 0. The van der Waals surface area contributed by atoms with E-state index in [2.05, 4.69) is 29.2 Å². The fourth-order valence-electron chi connectivity index (χ4n) is 6.68. The largest absolute Gasteiger partial charge is 0.478 e. The first kappa shape index (κ1) is 29.1. The number of allylic oxidation sites excluding steroid dienone is 1. The van der Waals surface area contributed by atoms with Crippen molar-refractivity contribution in [3.8, 4) is 0 Å². The van der Waals surface area contributed by atoms with Crippen LogP contribution in [0.25, 0.3) is 11.1 Å². The van der Waals surface area contributed by atoms with Gasteiger partial charge in [-0.3, -0.25) is 4.39 Å². The molecule has 1 aliphatic heterocycles. The molecule has 0 unspecified atom stereocenters. The molecule has 3 nitrogen and oxygen atoms in total. The summed E-state index contributed by atoms with van der Waals surface area (Å²) in [6.45, 7) is 2.74. The van der Waals surface area contributed by atoms with Gasteiger partial charge in [0.05, 0.1) is 12.2 Å². The summed E-state index contributed by atoms with van der Waals surface area (Å²) < 4.78 is 12.6. The summed E-state index contributed by atoms with van der Waals surface area (Å²) >= 11 is 13.0. The fraction of sp³-hybridized carbons (Fsp3) is 0.364. The van der Waals surface area contributed by atoms with Crippen LogP contribution in [-0.2, 0) is 11.8 Å². The molecule has 0 amide bonds. The van der Waals surface area contributed by atoms with Crippen molar-refractivity contribution in [2.24, 2.45) is 5.92 Å². The molecule has 210 valence electrons. The van der Waals surface area contributed by atoms with Crippen molar-refractivity contribution in [1.82, 2.24) is 4.90 Å². The molecule has 7 heteroatoms. The lowest BCUT2D eigenvalue weighted by Gasteiger charge is -2.44. The molecule has 2 fully saturated rings. The zero-order chi connectivity index (χ0) is 27.1. The summed E-state index contributed by atoms with van der Waals surface area (Å²) in [6, 6.07) is 20.2. The van der Waals surface area contributed by atoms with E-state index >= 15 is 0 Å². The van der Waals surface area contributed by atoms with Crippen LogP contribution in [0.15, 0.2) is 60.7 Å². The second kappa shape index (κ2) is 11.9. The summed E-state index contributed by atoms with van der Waals surface area (Å²) in [7, 11) is 0. The Kier molecular flexibility index (Phi) is 8.63. The second-order valence-electron chi connectivity index (χ2n) is 11.2. The van der Waals surface area contributed by atoms with Crippen molar-refractivity contribution in [2.75, 3.05) is 26.3 Å². The highest BCUT2D eigenvalue weighted by molar-refractivity contribution is 6.36. The molecule has 0 aromatic heterocycles. The number of aromatic carboxylic acids is 1. The van der Waals surface area contributed by atoms with Crippen LogP contribution in [0.5, 0.6) is 0 Å². The lowest BCUT2D eigenvalue weighted by Crippen LogP contribution is -2.52. The Hall–Kier alpha value is -2.37. The zero-order valence-electron chi connectivity index (χ0n) is 22.3. The predicted molar refractivity (Wildman–Crippen MR) is 164 cm³/mol. The molecule has 1 N–H and O–H groups in total. The molecule has 3 aromatic carbocycles. The number of fused-ring (bicyclic) bond motifs is 1. The van der Waals surface area contributed by atoms with E-state index in [1.54, 1.807) is 12.1 Å². The topological polar surface area (TPSA) is 40.5 Å². The Morgan fingerprint density at radius 1 is 0.975 bits per heavy atom. The van der Waals surface area contributed by atoms with Gasteiger partial charge in [-0.05, 0) is 108 Å². The first-order valence-corrected chi connectivity index (χ1v) is 14.6.